The Morgan fingerprint density at radius 2 is 1.72 bits per heavy atom. The highest BCUT2D eigenvalue weighted by Gasteiger charge is 2.17. The Labute approximate surface area is 194 Å². The number of pyridine rings is 1. The van der Waals surface area contributed by atoms with Gasteiger partial charge in [-0.2, -0.15) is 0 Å². The van der Waals surface area contributed by atoms with Gasteiger partial charge < -0.3 is 4.57 Å². The van der Waals surface area contributed by atoms with Gasteiger partial charge in [0.1, 0.15) is 5.82 Å². The molecule has 0 unspecified atom stereocenters. The Hall–Kier alpha value is -3.22. The van der Waals surface area contributed by atoms with Gasteiger partial charge in [0.2, 0.25) is 0 Å². The highest BCUT2D eigenvalue weighted by atomic mass is 35.5. The third kappa shape index (κ3) is 3.87. The van der Waals surface area contributed by atoms with Crippen molar-refractivity contribution in [2.24, 2.45) is 7.05 Å². The lowest BCUT2D eigenvalue weighted by molar-refractivity contribution is 0.617. The number of fused-ring (bicyclic) bond motifs is 1. The van der Waals surface area contributed by atoms with E-state index in [1.54, 1.807) is 12.1 Å². The number of aromatic nitrogens is 4. The van der Waals surface area contributed by atoms with Gasteiger partial charge in [0.15, 0.2) is 11.0 Å². The maximum Gasteiger partial charge on any atom is 0.191 e. The zero-order valence-corrected chi connectivity index (χ0v) is 18.7. The lowest BCUT2D eigenvalue weighted by Crippen LogP contribution is -1.98. The van der Waals surface area contributed by atoms with Crippen molar-refractivity contribution in [1.29, 1.82) is 0 Å². The van der Waals surface area contributed by atoms with E-state index in [1.807, 2.05) is 72.3 Å². The fraction of sp³-hybridized carbons (Fsp3) is 0.0800. The number of benzene rings is 3. The van der Waals surface area contributed by atoms with Gasteiger partial charge in [-0.05, 0) is 24.3 Å². The monoisotopic (exact) mass is 460 g/mol. The molecule has 0 atom stereocenters. The molecule has 0 saturated carbocycles. The van der Waals surface area contributed by atoms with Crippen LogP contribution in [-0.2, 0) is 12.8 Å². The van der Waals surface area contributed by atoms with E-state index in [-0.39, 0.29) is 5.82 Å². The summed E-state index contributed by atoms with van der Waals surface area (Å²) in [4.78, 5) is 4.84. The largest absolute Gasteiger partial charge is 0.305 e. The molecule has 0 aliphatic heterocycles. The lowest BCUT2D eigenvalue weighted by Gasteiger charge is -2.10. The molecule has 0 N–H and O–H groups in total. The van der Waals surface area contributed by atoms with Crippen molar-refractivity contribution in [1.82, 2.24) is 19.7 Å². The summed E-state index contributed by atoms with van der Waals surface area (Å²) >= 11 is 7.57. The van der Waals surface area contributed by atoms with E-state index in [4.69, 9.17) is 16.6 Å². The number of hydrogen-bond acceptors (Lipinski definition) is 4. The van der Waals surface area contributed by atoms with Gasteiger partial charge >= 0.3 is 0 Å². The third-order valence-electron chi connectivity index (χ3n) is 5.27. The minimum atomic E-state index is -0.319. The molecule has 2 aromatic heterocycles. The van der Waals surface area contributed by atoms with E-state index in [2.05, 4.69) is 10.2 Å². The van der Waals surface area contributed by atoms with Crippen LogP contribution in [0, 0.1) is 5.82 Å². The SMILES string of the molecule is Cn1c(SCc2c(F)cccc2Cl)nnc1-c1cc(-c2ccccc2)nc2ccccc12. The highest BCUT2D eigenvalue weighted by Crippen LogP contribution is 2.33. The maximum atomic E-state index is 14.2. The molecule has 7 heteroatoms. The molecule has 32 heavy (non-hydrogen) atoms. The van der Waals surface area contributed by atoms with E-state index in [0.717, 1.165) is 33.5 Å². The molecule has 0 amide bonds. The zero-order valence-electron chi connectivity index (χ0n) is 17.2. The van der Waals surface area contributed by atoms with Gasteiger partial charge in [-0.25, -0.2) is 9.37 Å². The van der Waals surface area contributed by atoms with Crippen LogP contribution in [0.15, 0.2) is 84.0 Å². The van der Waals surface area contributed by atoms with E-state index >= 15 is 0 Å². The van der Waals surface area contributed by atoms with Gasteiger partial charge in [0.25, 0.3) is 0 Å². The molecule has 0 saturated heterocycles. The van der Waals surface area contributed by atoms with Crippen LogP contribution in [0.2, 0.25) is 5.02 Å². The van der Waals surface area contributed by atoms with Crippen molar-refractivity contribution in [2.45, 2.75) is 10.9 Å². The Kier molecular flexibility index (Phi) is 5.64. The van der Waals surface area contributed by atoms with E-state index < -0.39 is 0 Å². The van der Waals surface area contributed by atoms with Crippen molar-refractivity contribution in [3.05, 3.63) is 95.3 Å². The van der Waals surface area contributed by atoms with E-state index in [0.29, 0.717) is 21.5 Å². The maximum absolute atomic E-state index is 14.2. The highest BCUT2D eigenvalue weighted by molar-refractivity contribution is 7.98. The van der Waals surface area contributed by atoms with Gasteiger partial charge in [0, 0.05) is 39.9 Å². The topological polar surface area (TPSA) is 43.6 Å². The summed E-state index contributed by atoms with van der Waals surface area (Å²) in [6.45, 7) is 0. The summed E-state index contributed by atoms with van der Waals surface area (Å²) < 4.78 is 16.1. The molecule has 0 radical (unpaired) electrons. The van der Waals surface area contributed by atoms with Gasteiger partial charge in [0.05, 0.1) is 11.2 Å². The third-order valence-corrected chi connectivity index (χ3v) is 6.67. The van der Waals surface area contributed by atoms with Crippen LogP contribution in [-0.4, -0.2) is 19.7 Å². The number of halogens is 2. The Bertz CT molecular complexity index is 1400. The number of rotatable bonds is 5. The minimum Gasteiger partial charge on any atom is -0.305 e. The normalized spacial score (nSPS) is 11.2. The molecule has 0 aliphatic rings. The number of nitrogens with zero attached hydrogens (tertiary/aromatic N) is 4. The fourth-order valence-corrected chi connectivity index (χ4v) is 4.85. The second-order valence-corrected chi connectivity index (χ2v) is 8.64. The first kappa shape index (κ1) is 20.7. The van der Waals surface area contributed by atoms with Crippen molar-refractivity contribution in [2.75, 3.05) is 0 Å². The van der Waals surface area contributed by atoms with Gasteiger partial charge in [-0.1, -0.05) is 78.0 Å². The Morgan fingerprint density at radius 3 is 2.53 bits per heavy atom. The van der Waals surface area contributed by atoms with Crippen LogP contribution in [0.4, 0.5) is 4.39 Å². The second-order valence-electron chi connectivity index (χ2n) is 7.29. The molecule has 0 aliphatic carbocycles. The molecule has 158 valence electrons. The molecule has 4 nitrogen and oxygen atoms in total. The standard InChI is InChI=1S/C25H18ClFN4S/c1-31-24(29-30-25(31)32-15-19-20(26)11-7-12-21(19)27)18-14-23(16-8-3-2-4-9-16)28-22-13-6-5-10-17(18)22/h2-14H,15H2,1H3. The molecular formula is C25H18ClFN4S. The van der Waals surface area contributed by atoms with Gasteiger partial charge in [-0.3, -0.25) is 0 Å². The van der Waals surface area contributed by atoms with Crippen LogP contribution in [0.5, 0.6) is 0 Å². The molecule has 3 aromatic carbocycles. The van der Waals surface area contributed by atoms with Crippen molar-refractivity contribution in [3.63, 3.8) is 0 Å². The van der Waals surface area contributed by atoms with Crippen LogP contribution in [0.3, 0.4) is 0 Å². The van der Waals surface area contributed by atoms with Crippen molar-refractivity contribution >= 4 is 34.3 Å². The Morgan fingerprint density at radius 1 is 0.938 bits per heavy atom. The predicted molar refractivity (Wildman–Crippen MR) is 128 cm³/mol. The number of thioether (sulfide) groups is 1. The summed E-state index contributed by atoms with van der Waals surface area (Å²) in [6.07, 6.45) is 0. The number of para-hydroxylation sites is 1. The summed E-state index contributed by atoms with van der Waals surface area (Å²) in [7, 11) is 1.91. The lowest BCUT2D eigenvalue weighted by atomic mass is 10.0. The molecule has 5 aromatic rings. The Balaban J connectivity index is 1.55. The second kappa shape index (κ2) is 8.73. The average Bonchev–Trinajstić information content (AvgIpc) is 3.18. The first-order valence-corrected chi connectivity index (χ1v) is 11.4. The molecular weight excluding hydrogens is 443 g/mol. The van der Waals surface area contributed by atoms with Crippen LogP contribution in [0.25, 0.3) is 33.5 Å². The van der Waals surface area contributed by atoms with Crippen molar-refractivity contribution < 1.29 is 4.39 Å². The number of hydrogen-bond donors (Lipinski definition) is 0. The fourth-order valence-electron chi connectivity index (χ4n) is 3.60. The molecule has 2 heterocycles. The van der Waals surface area contributed by atoms with Gasteiger partial charge in [-0.15, -0.1) is 10.2 Å². The smallest absolute Gasteiger partial charge is 0.191 e. The van der Waals surface area contributed by atoms with Crippen LogP contribution >= 0.6 is 23.4 Å². The van der Waals surface area contributed by atoms with Crippen LogP contribution in [0.1, 0.15) is 5.56 Å². The molecule has 5 rings (SSSR count). The summed E-state index contributed by atoms with van der Waals surface area (Å²) in [5.41, 5.74) is 4.20. The first-order chi connectivity index (χ1) is 15.6. The van der Waals surface area contributed by atoms with Crippen LogP contribution < -0.4 is 0 Å². The van der Waals surface area contributed by atoms with E-state index in [9.17, 15) is 4.39 Å². The minimum absolute atomic E-state index is 0.319. The average molecular weight is 461 g/mol. The zero-order chi connectivity index (χ0) is 22.1. The van der Waals surface area contributed by atoms with E-state index in [1.165, 1.54) is 17.8 Å². The first-order valence-electron chi connectivity index (χ1n) is 10.0. The van der Waals surface area contributed by atoms with Crippen molar-refractivity contribution in [3.8, 4) is 22.6 Å². The predicted octanol–water partition coefficient (Wildman–Crippen LogP) is 6.78. The summed E-state index contributed by atoms with van der Waals surface area (Å²) in [5, 5.41) is 10.9. The summed E-state index contributed by atoms with van der Waals surface area (Å²) in [6, 6.07) is 24.8. The quantitative estimate of drug-likeness (QED) is 0.271. The molecule has 0 bridgehead atoms. The molecule has 0 fully saturated rings. The molecule has 0 spiro atoms. The summed E-state index contributed by atoms with van der Waals surface area (Å²) in [5.74, 6) is 0.770.